The molecule has 0 aromatic heterocycles. The average molecular weight is 203 g/mol. The maximum atomic E-state index is 2.57. The van der Waals surface area contributed by atoms with Gasteiger partial charge in [-0.2, -0.15) is 0 Å². The van der Waals surface area contributed by atoms with Crippen LogP contribution in [0.3, 0.4) is 0 Å². The van der Waals surface area contributed by atoms with Gasteiger partial charge in [-0.05, 0) is 49.9 Å². The fraction of sp³-hybridized carbons (Fsp3) is 0.571. The lowest BCUT2D eigenvalue weighted by atomic mass is 9.88. The van der Waals surface area contributed by atoms with Gasteiger partial charge in [-0.1, -0.05) is 31.2 Å². The van der Waals surface area contributed by atoms with Crippen LogP contribution in [0.4, 0.5) is 0 Å². The predicted octanol–water partition coefficient (Wildman–Crippen LogP) is 3.19. The van der Waals surface area contributed by atoms with Gasteiger partial charge >= 0.3 is 0 Å². The molecule has 1 aliphatic rings. The minimum Gasteiger partial charge on any atom is -0.303 e. The van der Waals surface area contributed by atoms with E-state index in [0.717, 1.165) is 5.92 Å². The number of benzene rings is 1. The first-order valence-electron chi connectivity index (χ1n) is 6.09. The van der Waals surface area contributed by atoms with Gasteiger partial charge in [-0.3, -0.25) is 0 Å². The smallest absolute Gasteiger partial charge is 0.00503 e. The molecule has 0 spiro atoms. The molecule has 0 N–H and O–H groups in total. The normalized spacial score (nSPS) is 22.9. The van der Waals surface area contributed by atoms with E-state index in [4.69, 9.17) is 0 Å². The van der Waals surface area contributed by atoms with Gasteiger partial charge in [0.2, 0.25) is 0 Å². The Bertz CT molecular complexity index is 319. The zero-order chi connectivity index (χ0) is 10.7. The summed E-state index contributed by atoms with van der Waals surface area (Å²) < 4.78 is 0. The van der Waals surface area contributed by atoms with E-state index < -0.39 is 0 Å². The Hall–Kier alpha value is -0.820. The zero-order valence-electron chi connectivity index (χ0n) is 9.87. The third-order valence-corrected chi connectivity index (χ3v) is 3.58. The molecule has 82 valence electrons. The predicted molar refractivity (Wildman–Crippen MR) is 65.3 cm³/mol. The molecule has 15 heavy (non-hydrogen) atoms. The van der Waals surface area contributed by atoms with Crippen LogP contribution in [0.2, 0.25) is 0 Å². The molecule has 1 atom stereocenters. The molecule has 1 aliphatic heterocycles. The highest BCUT2D eigenvalue weighted by Gasteiger charge is 2.20. The number of rotatable bonds is 2. The van der Waals surface area contributed by atoms with Crippen LogP contribution in [0.5, 0.6) is 0 Å². The lowest BCUT2D eigenvalue weighted by Gasteiger charge is -2.32. The van der Waals surface area contributed by atoms with Gasteiger partial charge in [0.05, 0.1) is 0 Å². The Morgan fingerprint density at radius 2 is 2.13 bits per heavy atom. The third kappa shape index (κ3) is 2.40. The summed E-state index contributed by atoms with van der Waals surface area (Å²) in [6, 6.07) is 8.85. The molecule has 0 saturated carbocycles. The molecule has 0 radical (unpaired) electrons. The second-order valence-electron chi connectivity index (χ2n) is 4.59. The van der Waals surface area contributed by atoms with Crippen LogP contribution in [0.15, 0.2) is 24.3 Å². The number of piperidine rings is 1. The van der Waals surface area contributed by atoms with Crippen LogP contribution in [0.25, 0.3) is 0 Å². The quantitative estimate of drug-likeness (QED) is 0.713. The summed E-state index contributed by atoms with van der Waals surface area (Å²) in [6.07, 6.45) is 2.72. The number of hydrogen-bond acceptors (Lipinski definition) is 1. The summed E-state index contributed by atoms with van der Waals surface area (Å²) in [7, 11) is 0. The lowest BCUT2D eigenvalue weighted by molar-refractivity contribution is 0.217. The maximum Gasteiger partial charge on any atom is 0.00503 e. The highest BCUT2D eigenvalue weighted by molar-refractivity contribution is 5.29. The molecular formula is C14H21N. The van der Waals surface area contributed by atoms with Gasteiger partial charge in [-0.25, -0.2) is 0 Å². The molecule has 1 fully saturated rings. The van der Waals surface area contributed by atoms with Gasteiger partial charge < -0.3 is 4.90 Å². The van der Waals surface area contributed by atoms with Gasteiger partial charge in [0.25, 0.3) is 0 Å². The van der Waals surface area contributed by atoms with Gasteiger partial charge in [0.15, 0.2) is 0 Å². The molecule has 1 aromatic rings. The van der Waals surface area contributed by atoms with Crippen molar-refractivity contribution in [2.45, 2.75) is 32.6 Å². The number of likely N-dealkylation sites (N-methyl/N-ethyl adjacent to an activating group) is 1. The van der Waals surface area contributed by atoms with Crippen molar-refractivity contribution in [1.82, 2.24) is 4.90 Å². The number of aryl methyl sites for hydroxylation is 1. The largest absolute Gasteiger partial charge is 0.303 e. The fourth-order valence-corrected chi connectivity index (χ4v) is 2.64. The van der Waals surface area contributed by atoms with Crippen LogP contribution in [0, 0.1) is 6.92 Å². The summed E-state index contributed by atoms with van der Waals surface area (Å²) in [5.41, 5.74) is 3.02. The van der Waals surface area contributed by atoms with Crippen molar-refractivity contribution in [3.63, 3.8) is 0 Å². The Labute approximate surface area is 93.1 Å². The van der Waals surface area contributed by atoms with Crippen molar-refractivity contribution in [3.05, 3.63) is 35.4 Å². The molecule has 0 amide bonds. The van der Waals surface area contributed by atoms with E-state index in [1.165, 1.54) is 38.0 Å². The van der Waals surface area contributed by atoms with Crippen molar-refractivity contribution in [1.29, 1.82) is 0 Å². The van der Waals surface area contributed by atoms with E-state index in [9.17, 15) is 0 Å². The van der Waals surface area contributed by atoms with Gasteiger partial charge in [0, 0.05) is 6.54 Å². The van der Waals surface area contributed by atoms with Crippen molar-refractivity contribution in [3.8, 4) is 0 Å². The molecule has 1 saturated heterocycles. The summed E-state index contributed by atoms with van der Waals surface area (Å²) >= 11 is 0. The Balaban J connectivity index is 2.13. The molecule has 1 heterocycles. The minimum absolute atomic E-state index is 0.764. The minimum atomic E-state index is 0.764. The summed E-state index contributed by atoms with van der Waals surface area (Å²) in [6.45, 7) is 8.24. The fourth-order valence-electron chi connectivity index (χ4n) is 2.64. The zero-order valence-corrected chi connectivity index (χ0v) is 9.87. The van der Waals surface area contributed by atoms with E-state index in [-0.39, 0.29) is 0 Å². The average Bonchev–Trinajstić information content (AvgIpc) is 2.30. The van der Waals surface area contributed by atoms with Crippen LogP contribution in [-0.4, -0.2) is 24.5 Å². The highest BCUT2D eigenvalue weighted by Crippen LogP contribution is 2.28. The van der Waals surface area contributed by atoms with E-state index in [1.54, 1.807) is 5.56 Å². The standard InChI is InChI=1S/C14H21N/c1-3-15-10-6-8-13(11-15)14-9-5-4-7-12(14)2/h4-5,7,9,13H,3,6,8,10-11H2,1-2H3. The van der Waals surface area contributed by atoms with Crippen molar-refractivity contribution < 1.29 is 0 Å². The van der Waals surface area contributed by atoms with Crippen LogP contribution < -0.4 is 0 Å². The second-order valence-corrected chi connectivity index (χ2v) is 4.59. The highest BCUT2D eigenvalue weighted by atomic mass is 15.1. The van der Waals surface area contributed by atoms with Gasteiger partial charge in [-0.15, -0.1) is 0 Å². The van der Waals surface area contributed by atoms with Crippen LogP contribution in [0.1, 0.15) is 36.8 Å². The number of hydrogen-bond donors (Lipinski definition) is 0. The summed E-state index contributed by atoms with van der Waals surface area (Å²) in [5, 5.41) is 0. The molecular weight excluding hydrogens is 182 g/mol. The Kier molecular flexibility index (Phi) is 3.42. The summed E-state index contributed by atoms with van der Waals surface area (Å²) in [4.78, 5) is 2.57. The molecule has 1 nitrogen and oxygen atoms in total. The van der Waals surface area contributed by atoms with E-state index >= 15 is 0 Å². The topological polar surface area (TPSA) is 3.24 Å². The van der Waals surface area contributed by atoms with Crippen molar-refractivity contribution in [2.75, 3.05) is 19.6 Å². The first kappa shape index (κ1) is 10.7. The SMILES string of the molecule is CCN1CCCC(c2ccccc2C)C1. The third-order valence-electron chi connectivity index (χ3n) is 3.58. The monoisotopic (exact) mass is 203 g/mol. The molecule has 1 heteroatoms. The Morgan fingerprint density at radius 1 is 1.33 bits per heavy atom. The maximum absolute atomic E-state index is 2.57. The molecule has 0 aliphatic carbocycles. The molecule has 1 aromatic carbocycles. The van der Waals surface area contributed by atoms with E-state index in [1.807, 2.05) is 0 Å². The van der Waals surface area contributed by atoms with Crippen molar-refractivity contribution >= 4 is 0 Å². The van der Waals surface area contributed by atoms with Crippen LogP contribution in [-0.2, 0) is 0 Å². The first-order chi connectivity index (χ1) is 7.31. The Morgan fingerprint density at radius 3 is 2.87 bits per heavy atom. The van der Waals surface area contributed by atoms with Gasteiger partial charge in [0.1, 0.15) is 0 Å². The number of likely N-dealkylation sites (tertiary alicyclic amines) is 1. The van der Waals surface area contributed by atoms with E-state index in [0.29, 0.717) is 0 Å². The number of nitrogens with zero attached hydrogens (tertiary/aromatic N) is 1. The summed E-state index contributed by atoms with van der Waals surface area (Å²) in [5.74, 6) is 0.764. The second kappa shape index (κ2) is 4.80. The van der Waals surface area contributed by atoms with Crippen LogP contribution >= 0.6 is 0 Å². The van der Waals surface area contributed by atoms with E-state index in [2.05, 4.69) is 43.0 Å². The lowest BCUT2D eigenvalue weighted by Crippen LogP contribution is -2.34. The first-order valence-corrected chi connectivity index (χ1v) is 6.09. The molecule has 0 bridgehead atoms. The molecule has 1 unspecified atom stereocenters. The van der Waals surface area contributed by atoms with Crippen molar-refractivity contribution in [2.24, 2.45) is 0 Å². The molecule has 2 rings (SSSR count).